The monoisotopic (exact) mass is 452 g/mol. The Hall–Kier alpha value is -3.39. The van der Waals surface area contributed by atoms with Crippen LogP contribution in [-0.4, -0.2) is 33.3 Å². The van der Waals surface area contributed by atoms with Gasteiger partial charge in [0.2, 0.25) is 5.78 Å². The van der Waals surface area contributed by atoms with E-state index in [4.69, 9.17) is 9.15 Å². The number of carbonyl (C=O) groups excluding carboxylic acids is 2. The Morgan fingerprint density at radius 3 is 2.69 bits per heavy atom. The molecular formula is C24H24N2O5S. The van der Waals surface area contributed by atoms with Gasteiger partial charge in [-0.2, -0.15) is 0 Å². The number of nitrogens with zero attached hydrogens (tertiary/aromatic N) is 2. The SMILES string of the molecule is CCCOc1ccccc1C1C(C(=O)c2sc(C)nc2C)=C(O)C(=O)N1Cc1ccco1. The first kappa shape index (κ1) is 21.8. The molecule has 3 aromatic rings. The molecule has 8 heteroatoms. The van der Waals surface area contributed by atoms with E-state index in [9.17, 15) is 14.7 Å². The van der Waals surface area contributed by atoms with Gasteiger partial charge in [-0.15, -0.1) is 11.3 Å². The average molecular weight is 453 g/mol. The van der Waals surface area contributed by atoms with Crippen LogP contribution in [0.3, 0.4) is 0 Å². The molecule has 2 aromatic heterocycles. The van der Waals surface area contributed by atoms with Crippen LogP contribution in [0.5, 0.6) is 5.75 Å². The zero-order valence-corrected chi connectivity index (χ0v) is 18.9. The van der Waals surface area contributed by atoms with Gasteiger partial charge in [0.05, 0.1) is 46.6 Å². The normalized spacial score (nSPS) is 16.2. The molecule has 0 bridgehead atoms. The highest BCUT2D eigenvalue weighted by atomic mass is 32.1. The van der Waals surface area contributed by atoms with E-state index in [2.05, 4.69) is 4.98 Å². The van der Waals surface area contributed by atoms with E-state index in [0.717, 1.165) is 11.4 Å². The summed E-state index contributed by atoms with van der Waals surface area (Å²) in [4.78, 5) is 32.9. The number of rotatable bonds is 8. The van der Waals surface area contributed by atoms with Gasteiger partial charge in [-0.05, 0) is 38.5 Å². The van der Waals surface area contributed by atoms with E-state index in [1.165, 1.54) is 22.5 Å². The number of furan rings is 1. The number of thiazole rings is 1. The molecule has 1 unspecified atom stereocenters. The van der Waals surface area contributed by atoms with Crippen molar-refractivity contribution in [2.24, 2.45) is 0 Å². The van der Waals surface area contributed by atoms with Gasteiger partial charge in [0.1, 0.15) is 11.5 Å². The van der Waals surface area contributed by atoms with Crippen LogP contribution in [-0.2, 0) is 11.3 Å². The predicted molar refractivity (Wildman–Crippen MR) is 120 cm³/mol. The van der Waals surface area contributed by atoms with Gasteiger partial charge in [-0.3, -0.25) is 9.59 Å². The number of ketones is 1. The third kappa shape index (κ3) is 3.93. The lowest BCUT2D eigenvalue weighted by Crippen LogP contribution is -2.31. The van der Waals surface area contributed by atoms with Gasteiger partial charge in [-0.1, -0.05) is 25.1 Å². The van der Waals surface area contributed by atoms with E-state index >= 15 is 0 Å². The lowest BCUT2D eigenvalue weighted by atomic mass is 9.94. The number of aryl methyl sites for hydroxylation is 2. The molecule has 0 saturated heterocycles. The van der Waals surface area contributed by atoms with Crippen LogP contribution in [0.2, 0.25) is 0 Å². The topological polar surface area (TPSA) is 92.9 Å². The zero-order valence-electron chi connectivity index (χ0n) is 18.1. The number of aliphatic hydroxyl groups is 1. The van der Waals surface area contributed by atoms with Crippen LogP contribution in [0.15, 0.2) is 58.4 Å². The standard InChI is InChI=1S/C24H24N2O5S/c1-4-11-31-18-10-6-5-9-17(18)20-19(21(27)23-14(2)25-15(3)32-23)22(28)24(29)26(20)13-16-8-7-12-30-16/h5-10,12,20,28H,4,11,13H2,1-3H3. The summed E-state index contributed by atoms with van der Waals surface area (Å²) in [7, 11) is 0. The molecule has 4 rings (SSSR count). The summed E-state index contributed by atoms with van der Waals surface area (Å²) in [5, 5.41) is 11.6. The molecule has 1 aromatic carbocycles. The minimum Gasteiger partial charge on any atom is -0.503 e. The molecule has 166 valence electrons. The highest BCUT2D eigenvalue weighted by Crippen LogP contribution is 2.43. The first-order chi connectivity index (χ1) is 15.4. The summed E-state index contributed by atoms with van der Waals surface area (Å²) in [5.41, 5.74) is 1.23. The van der Waals surface area contributed by atoms with Crippen molar-refractivity contribution in [1.82, 2.24) is 9.88 Å². The van der Waals surface area contributed by atoms with E-state index in [1.807, 2.05) is 32.0 Å². The predicted octanol–water partition coefficient (Wildman–Crippen LogP) is 4.92. The van der Waals surface area contributed by atoms with Crippen LogP contribution in [0, 0.1) is 13.8 Å². The summed E-state index contributed by atoms with van der Waals surface area (Å²) < 4.78 is 11.4. The van der Waals surface area contributed by atoms with Crippen LogP contribution >= 0.6 is 11.3 Å². The van der Waals surface area contributed by atoms with Crippen molar-refractivity contribution in [3.8, 4) is 5.75 Å². The van der Waals surface area contributed by atoms with Gasteiger partial charge < -0.3 is 19.2 Å². The fourth-order valence-electron chi connectivity index (χ4n) is 3.86. The molecule has 3 heterocycles. The van der Waals surface area contributed by atoms with Crippen LogP contribution in [0.1, 0.15) is 51.1 Å². The highest BCUT2D eigenvalue weighted by molar-refractivity contribution is 7.14. The minimum absolute atomic E-state index is 0.0286. The molecule has 0 radical (unpaired) electrons. The zero-order chi connectivity index (χ0) is 22.8. The Labute approximate surface area is 190 Å². The molecule has 32 heavy (non-hydrogen) atoms. The summed E-state index contributed by atoms with van der Waals surface area (Å²) in [6.07, 6.45) is 2.33. The number of benzene rings is 1. The van der Waals surface area contributed by atoms with Crippen LogP contribution in [0.25, 0.3) is 0 Å². The maximum absolute atomic E-state index is 13.6. The maximum Gasteiger partial charge on any atom is 0.290 e. The number of amides is 1. The number of carbonyl (C=O) groups is 2. The quantitative estimate of drug-likeness (QED) is 0.488. The fraction of sp³-hybridized carbons (Fsp3) is 0.292. The van der Waals surface area contributed by atoms with Crippen molar-refractivity contribution in [2.75, 3.05) is 6.61 Å². The van der Waals surface area contributed by atoms with Gasteiger partial charge in [-0.25, -0.2) is 4.98 Å². The van der Waals surface area contributed by atoms with E-state index in [0.29, 0.717) is 34.3 Å². The molecular weight excluding hydrogens is 428 g/mol. The largest absolute Gasteiger partial charge is 0.503 e. The molecule has 1 N–H and O–H groups in total. The van der Waals surface area contributed by atoms with Crippen molar-refractivity contribution in [3.63, 3.8) is 0 Å². The van der Waals surface area contributed by atoms with Crippen molar-refractivity contribution in [2.45, 2.75) is 39.8 Å². The first-order valence-electron chi connectivity index (χ1n) is 10.4. The Morgan fingerprint density at radius 1 is 1.25 bits per heavy atom. The number of hydrogen-bond donors (Lipinski definition) is 1. The summed E-state index contributed by atoms with van der Waals surface area (Å²) in [5.74, 6) is -0.479. The lowest BCUT2D eigenvalue weighted by molar-refractivity contribution is -0.130. The molecule has 1 amide bonds. The van der Waals surface area contributed by atoms with Gasteiger partial charge in [0.15, 0.2) is 5.76 Å². The molecule has 0 spiro atoms. The number of aromatic nitrogens is 1. The summed E-state index contributed by atoms with van der Waals surface area (Å²) in [6.45, 7) is 6.15. The van der Waals surface area contributed by atoms with Gasteiger partial charge in [0, 0.05) is 5.56 Å². The van der Waals surface area contributed by atoms with E-state index < -0.39 is 23.5 Å². The lowest BCUT2D eigenvalue weighted by Gasteiger charge is -2.27. The molecule has 1 atom stereocenters. The van der Waals surface area contributed by atoms with Gasteiger partial charge in [0.25, 0.3) is 5.91 Å². The molecule has 0 fully saturated rings. The van der Waals surface area contributed by atoms with E-state index in [-0.39, 0.29) is 12.1 Å². The summed E-state index contributed by atoms with van der Waals surface area (Å²) in [6, 6.07) is 9.93. The fourth-order valence-corrected chi connectivity index (χ4v) is 4.73. The third-order valence-electron chi connectivity index (χ3n) is 5.24. The van der Waals surface area contributed by atoms with E-state index in [1.54, 1.807) is 25.1 Å². The number of ether oxygens (including phenoxy) is 1. The van der Waals surface area contributed by atoms with Crippen LogP contribution < -0.4 is 4.74 Å². The third-order valence-corrected chi connectivity index (χ3v) is 6.31. The van der Waals surface area contributed by atoms with Crippen molar-refractivity contribution in [1.29, 1.82) is 0 Å². The minimum atomic E-state index is -0.824. The smallest absolute Gasteiger partial charge is 0.290 e. The molecule has 0 saturated carbocycles. The Balaban J connectivity index is 1.84. The summed E-state index contributed by atoms with van der Waals surface area (Å²) >= 11 is 1.25. The number of hydrogen-bond acceptors (Lipinski definition) is 7. The number of Topliss-reactive ketones (excluding diaryl/α,β-unsaturated/α-hetero) is 1. The van der Waals surface area contributed by atoms with Crippen molar-refractivity contribution < 1.29 is 23.8 Å². The van der Waals surface area contributed by atoms with Gasteiger partial charge >= 0.3 is 0 Å². The number of aliphatic hydroxyl groups excluding tert-OH is 1. The number of para-hydroxylation sites is 1. The van der Waals surface area contributed by atoms with Crippen molar-refractivity contribution >= 4 is 23.0 Å². The van der Waals surface area contributed by atoms with Crippen molar-refractivity contribution in [3.05, 3.63) is 80.9 Å². The maximum atomic E-state index is 13.6. The molecule has 7 nitrogen and oxygen atoms in total. The molecule has 0 aliphatic carbocycles. The Morgan fingerprint density at radius 2 is 2.03 bits per heavy atom. The first-order valence-corrected chi connectivity index (χ1v) is 11.2. The molecule has 1 aliphatic rings. The molecule has 1 aliphatic heterocycles. The van der Waals surface area contributed by atoms with Crippen LogP contribution in [0.4, 0.5) is 0 Å². The second-order valence-electron chi connectivity index (χ2n) is 7.54. The second-order valence-corrected chi connectivity index (χ2v) is 8.74. The Bertz CT molecular complexity index is 1180. The Kier molecular flexibility index (Phi) is 6.14. The second kappa shape index (κ2) is 9.00. The highest BCUT2D eigenvalue weighted by Gasteiger charge is 2.45. The average Bonchev–Trinajstić information content (AvgIpc) is 3.47.